The fourth-order valence-electron chi connectivity index (χ4n) is 2.45. The van der Waals surface area contributed by atoms with Gasteiger partial charge in [0.25, 0.3) is 0 Å². The number of benzene rings is 1. The van der Waals surface area contributed by atoms with Gasteiger partial charge in [-0.3, -0.25) is 4.79 Å². The fraction of sp³-hybridized carbons (Fsp3) is 0.611. The topological polar surface area (TPSA) is 56.8 Å². The molecular weight excluding hydrogens is 294 g/mol. The molecule has 1 fully saturated rings. The Labute approximate surface area is 138 Å². The highest BCUT2D eigenvalue weighted by atomic mass is 16.5. The average molecular weight is 321 g/mol. The summed E-state index contributed by atoms with van der Waals surface area (Å²) in [7, 11) is 1.62. The van der Waals surface area contributed by atoms with Crippen LogP contribution in [0.2, 0.25) is 0 Å². The molecule has 1 aliphatic rings. The largest absolute Gasteiger partial charge is 0.493 e. The molecule has 0 aromatic heterocycles. The second-order valence-corrected chi connectivity index (χ2v) is 5.96. The van der Waals surface area contributed by atoms with Gasteiger partial charge in [-0.05, 0) is 37.0 Å². The van der Waals surface area contributed by atoms with Gasteiger partial charge >= 0.3 is 0 Å². The SMILES string of the molecule is CC[C@H](C)C(=O)NCc1ccc(OC[C@H]2CCCO2)c(OC)c1. The lowest BCUT2D eigenvalue weighted by atomic mass is 10.1. The first-order chi connectivity index (χ1) is 11.1. The van der Waals surface area contributed by atoms with Crippen LogP contribution in [0.3, 0.4) is 0 Å². The van der Waals surface area contributed by atoms with Crippen LogP contribution in [0.4, 0.5) is 0 Å². The molecule has 0 unspecified atom stereocenters. The van der Waals surface area contributed by atoms with E-state index in [1.807, 2.05) is 32.0 Å². The third-order valence-electron chi connectivity index (χ3n) is 4.20. The van der Waals surface area contributed by atoms with E-state index in [1.165, 1.54) is 0 Å². The summed E-state index contributed by atoms with van der Waals surface area (Å²) in [6.07, 6.45) is 3.15. The van der Waals surface area contributed by atoms with Gasteiger partial charge in [0, 0.05) is 19.1 Å². The van der Waals surface area contributed by atoms with E-state index in [9.17, 15) is 4.79 Å². The predicted molar refractivity (Wildman–Crippen MR) is 88.8 cm³/mol. The number of amides is 1. The van der Waals surface area contributed by atoms with E-state index in [1.54, 1.807) is 7.11 Å². The van der Waals surface area contributed by atoms with Gasteiger partial charge in [0.2, 0.25) is 5.91 Å². The molecule has 5 heteroatoms. The molecule has 1 N–H and O–H groups in total. The number of methoxy groups -OCH3 is 1. The van der Waals surface area contributed by atoms with Crippen molar-refractivity contribution < 1.29 is 19.0 Å². The molecule has 128 valence electrons. The Kier molecular flexibility index (Phi) is 6.71. The predicted octanol–water partition coefficient (Wildman–Crippen LogP) is 2.92. The van der Waals surface area contributed by atoms with Gasteiger partial charge in [-0.1, -0.05) is 19.9 Å². The van der Waals surface area contributed by atoms with Gasteiger partial charge in [-0.25, -0.2) is 0 Å². The van der Waals surface area contributed by atoms with Crippen molar-refractivity contribution in [1.29, 1.82) is 0 Å². The Morgan fingerprint density at radius 1 is 1.43 bits per heavy atom. The molecule has 5 nitrogen and oxygen atoms in total. The van der Waals surface area contributed by atoms with E-state index in [4.69, 9.17) is 14.2 Å². The highest BCUT2D eigenvalue weighted by Gasteiger charge is 2.17. The van der Waals surface area contributed by atoms with Crippen LogP contribution in [-0.2, 0) is 16.1 Å². The van der Waals surface area contributed by atoms with Crippen LogP contribution in [0.1, 0.15) is 38.7 Å². The monoisotopic (exact) mass is 321 g/mol. The summed E-state index contributed by atoms with van der Waals surface area (Å²) in [5.74, 6) is 1.49. The Hall–Kier alpha value is -1.75. The molecule has 1 amide bonds. The standard InChI is InChI=1S/C18H27NO4/c1-4-13(2)18(20)19-11-14-7-8-16(17(10-14)21-3)23-12-15-6-5-9-22-15/h7-8,10,13,15H,4-6,9,11-12H2,1-3H3,(H,19,20)/t13-,15+/m0/s1. The third kappa shape index (κ3) is 5.13. The summed E-state index contributed by atoms with van der Waals surface area (Å²) >= 11 is 0. The number of carbonyl (C=O) groups excluding carboxylic acids is 1. The van der Waals surface area contributed by atoms with Gasteiger partial charge in [0.15, 0.2) is 11.5 Å². The van der Waals surface area contributed by atoms with Crippen molar-refractivity contribution in [2.24, 2.45) is 5.92 Å². The zero-order valence-electron chi connectivity index (χ0n) is 14.3. The molecule has 1 aromatic carbocycles. The molecule has 1 aromatic rings. The van der Waals surface area contributed by atoms with Crippen LogP contribution in [0.25, 0.3) is 0 Å². The van der Waals surface area contributed by atoms with Gasteiger partial charge in [0.05, 0.1) is 13.2 Å². The summed E-state index contributed by atoms with van der Waals surface area (Å²) in [6, 6.07) is 5.74. The first-order valence-corrected chi connectivity index (χ1v) is 8.33. The van der Waals surface area contributed by atoms with Gasteiger partial charge < -0.3 is 19.5 Å². The summed E-state index contributed by atoms with van der Waals surface area (Å²) < 4.78 is 16.8. The molecule has 1 saturated heterocycles. The van der Waals surface area contributed by atoms with Crippen molar-refractivity contribution in [3.8, 4) is 11.5 Å². The maximum atomic E-state index is 11.8. The lowest BCUT2D eigenvalue weighted by molar-refractivity contribution is -0.124. The molecule has 0 saturated carbocycles. The van der Waals surface area contributed by atoms with Crippen molar-refractivity contribution in [3.05, 3.63) is 23.8 Å². The number of ether oxygens (including phenoxy) is 3. The van der Waals surface area contributed by atoms with E-state index >= 15 is 0 Å². The maximum absolute atomic E-state index is 11.8. The molecule has 0 radical (unpaired) electrons. The van der Waals surface area contributed by atoms with E-state index in [0.29, 0.717) is 24.7 Å². The molecular formula is C18H27NO4. The molecule has 0 spiro atoms. The maximum Gasteiger partial charge on any atom is 0.223 e. The number of nitrogens with one attached hydrogen (secondary N) is 1. The van der Waals surface area contributed by atoms with Crippen molar-refractivity contribution >= 4 is 5.91 Å². The van der Waals surface area contributed by atoms with Crippen LogP contribution in [0.15, 0.2) is 18.2 Å². The molecule has 1 aliphatic heterocycles. The number of hydrogen-bond acceptors (Lipinski definition) is 4. The van der Waals surface area contributed by atoms with Crippen LogP contribution in [0, 0.1) is 5.92 Å². The Morgan fingerprint density at radius 3 is 2.91 bits per heavy atom. The van der Waals surface area contributed by atoms with Crippen LogP contribution < -0.4 is 14.8 Å². The van der Waals surface area contributed by atoms with Crippen molar-refractivity contribution in [2.45, 2.75) is 45.8 Å². The Morgan fingerprint density at radius 2 is 2.26 bits per heavy atom. The smallest absolute Gasteiger partial charge is 0.223 e. The van der Waals surface area contributed by atoms with Gasteiger partial charge in [-0.2, -0.15) is 0 Å². The lowest BCUT2D eigenvalue weighted by Gasteiger charge is -2.15. The lowest BCUT2D eigenvalue weighted by Crippen LogP contribution is -2.28. The summed E-state index contributed by atoms with van der Waals surface area (Å²) in [4.78, 5) is 11.8. The quantitative estimate of drug-likeness (QED) is 0.800. The molecule has 1 heterocycles. The molecule has 23 heavy (non-hydrogen) atoms. The van der Waals surface area contributed by atoms with Crippen molar-refractivity contribution in [2.75, 3.05) is 20.3 Å². The zero-order valence-corrected chi connectivity index (χ0v) is 14.3. The van der Waals surface area contributed by atoms with Crippen LogP contribution in [-0.4, -0.2) is 32.3 Å². The van der Waals surface area contributed by atoms with E-state index < -0.39 is 0 Å². The van der Waals surface area contributed by atoms with Gasteiger partial charge in [-0.15, -0.1) is 0 Å². The van der Waals surface area contributed by atoms with Crippen molar-refractivity contribution in [1.82, 2.24) is 5.32 Å². The third-order valence-corrected chi connectivity index (χ3v) is 4.20. The number of carbonyl (C=O) groups is 1. The Balaban J connectivity index is 1.91. The van der Waals surface area contributed by atoms with Crippen LogP contribution in [0.5, 0.6) is 11.5 Å². The second-order valence-electron chi connectivity index (χ2n) is 5.96. The molecule has 0 bridgehead atoms. The highest BCUT2D eigenvalue weighted by molar-refractivity contribution is 5.78. The zero-order chi connectivity index (χ0) is 16.7. The van der Waals surface area contributed by atoms with Crippen LogP contribution >= 0.6 is 0 Å². The van der Waals surface area contributed by atoms with E-state index in [2.05, 4.69) is 5.32 Å². The highest BCUT2D eigenvalue weighted by Crippen LogP contribution is 2.29. The average Bonchev–Trinajstić information content (AvgIpc) is 3.10. The number of rotatable bonds is 8. The van der Waals surface area contributed by atoms with E-state index in [-0.39, 0.29) is 17.9 Å². The second kappa shape index (κ2) is 8.77. The molecule has 2 rings (SSSR count). The summed E-state index contributed by atoms with van der Waals surface area (Å²) in [6.45, 7) is 5.79. The first kappa shape index (κ1) is 17.6. The van der Waals surface area contributed by atoms with Crippen molar-refractivity contribution in [3.63, 3.8) is 0 Å². The normalized spacial score (nSPS) is 18.5. The summed E-state index contributed by atoms with van der Waals surface area (Å²) in [5, 5.41) is 2.94. The Bertz CT molecular complexity index is 512. The first-order valence-electron chi connectivity index (χ1n) is 8.33. The fourth-order valence-corrected chi connectivity index (χ4v) is 2.45. The minimum atomic E-state index is 0.0333. The van der Waals surface area contributed by atoms with E-state index in [0.717, 1.165) is 31.4 Å². The molecule has 2 atom stereocenters. The minimum absolute atomic E-state index is 0.0333. The number of hydrogen-bond donors (Lipinski definition) is 1. The molecule has 0 aliphatic carbocycles. The van der Waals surface area contributed by atoms with Gasteiger partial charge in [0.1, 0.15) is 6.61 Å². The minimum Gasteiger partial charge on any atom is -0.493 e. The summed E-state index contributed by atoms with van der Waals surface area (Å²) in [5.41, 5.74) is 0.989.